The molecule has 0 amide bonds. The number of aromatic amines is 1. The fourth-order valence-electron chi connectivity index (χ4n) is 4.30. The minimum atomic E-state index is -0.817. The van der Waals surface area contributed by atoms with E-state index in [1.54, 1.807) is 30.3 Å². The lowest BCUT2D eigenvalue weighted by molar-refractivity contribution is -0.0536. The number of nitriles is 1. The number of aromatic hydroxyl groups is 1. The first-order chi connectivity index (χ1) is 15.4. The molecule has 2 aliphatic rings. The van der Waals surface area contributed by atoms with Crippen LogP contribution in [-0.2, 0) is 0 Å². The molecule has 0 bridgehead atoms. The molecule has 7 nitrogen and oxygen atoms in total. The fraction of sp³-hybridized carbons (Fsp3) is 0.391. The van der Waals surface area contributed by atoms with Crippen molar-refractivity contribution in [1.29, 1.82) is 5.26 Å². The van der Waals surface area contributed by atoms with E-state index in [0.29, 0.717) is 38.7 Å². The van der Waals surface area contributed by atoms with Gasteiger partial charge >= 0.3 is 0 Å². The molecule has 32 heavy (non-hydrogen) atoms. The summed E-state index contributed by atoms with van der Waals surface area (Å²) in [4.78, 5) is 17.4. The number of aromatic nitrogens is 1. The van der Waals surface area contributed by atoms with E-state index in [0.717, 1.165) is 36.0 Å². The number of hydrogen-bond donors (Lipinski definition) is 3. The Bertz CT molecular complexity index is 1270. The number of hydrogen-bond acceptors (Lipinski definition) is 7. The van der Waals surface area contributed by atoms with Crippen molar-refractivity contribution in [2.75, 3.05) is 19.7 Å². The van der Waals surface area contributed by atoms with Crippen LogP contribution in [0.4, 0.5) is 0 Å². The van der Waals surface area contributed by atoms with E-state index in [4.69, 9.17) is 16.3 Å². The van der Waals surface area contributed by atoms with Crippen LogP contribution >= 0.6 is 22.9 Å². The molecule has 3 aromatic rings. The molecule has 3 N–H and O–H groups in total. The van der Waals surface area contributed by atoms with Crippen LogP contribution in [0.2, 0.25) is 4.34 Å². The number of likely N-dealkylation sites (tertiary alicyclic amines) is 1. The van der Waals surface area contributed by atoms with Crippen molar-refractivity contribution in [2.24, 2.45) is 0 Å². The van der Waals surface area contributed by atoms with Crippen LogP contribution in [-0.4, -0.2) is 51.4 Å². The number of ether oxygens (including phenoxy) is 1. The van der Waals surface area contributed by atoms with Gasteiger partial charge in [-0.15, -0.1) is 11.3 Å². The van der Waals surface area contributed by atoms with Gasteiger partial charge in [0.25, 0.3) is 5.56 Å². The molecule has 2 fully saturated rings. The maximum Gasteiger partial charge on any atom is 0.270 e. The number of benzene rings is 1. The quantitative estimate of drug-likeness (QED) is 0.521. The van der Waals surface area contributed by atoms with E-state index >= 15 is 0 Å². The molecule has 1 aliphatic carbocycles. The molecular formula is C23H22ClN3O4S. The van der Waals surface area contributed by atoms with E-state index in [1.165, 1.54) is 12.8 Å². The molecule has 0 radical (unpaired) electrons. The highest BCUT2D eigenvalue weighted by atomic mass is 35.5. The average Bonchev–Trinajstić information content (AvgIpc) is 3.56. The third kappa shape index (κ3) is 3.86. The number of H-pyrrole nitrogens is 1. The summed E-state index contributed by atoms with van der Waals surface area (Å²) in [5, 5.41) is 30.9. The number of aliphatic hydroxyl groups is 1. The Hall–Kier alpha value is -2.57. The Balaban J connectivity index is 1.34. The van der Waals surface area contributed by atoms with Gasteiger partial charge in [0.2, 0.25) is 0 Å². The zero-order valence-corrected chi connectivity index (χ0v) is 18.8. The molecule has 5 rings (SSSR count). The van der Waals surface area contributed by atoms with Gasteiger partial charge in [-0.05, 0) is 43.4 Å². The molecule has 1 aliphatic heterocycles. The van der Waals surface area contributed by atoms with Gasteiger partial charge in [0, 0.05) is 24.7 Å². The van der Waals surface area contributed by atoms with Crippen LogP contribution in [0.5, 0.6) is 11.5 Å². The zero-order valence-electron chi connectivity index (χ0n) is 17.2. The molecule has 1 saturated carbocycles. The van der Waals surface area contributed by atoms with E-state index in [1.807, 2.05) is 0 Å². The Morgan fingerprint density at radius 2 is 1.97 bits per heavy atom. The van der Waals surface area contributed by atoms with Gasteiger partial charge in [0.1, 0.15) is 38.9 Å². The molecule has 0 atom stereocenters. The summed E-state index contributed by atoms with van der Waals surface area (Å²) in [6.07, 6.45) is 3.96. The third-order valence-electron chi connectivity index (χ3n) is 6.35. The van der Waals surface area contributed by atoms with Crippen molar-refractivity contribution in [1.82, 2.24) is 9.88 Å². The van der Waals surface area contributed by atoms with Crippen molar-refractivity contribution in [3.8, 4) is 28.7 Å². The summed E-state index contributed by atoms with van der Waals surface area (Å²) >= 11 is 7.55. The highest BCUT2D eigenvalue weighted by molar-refractivity contribution is 7.23. The van der Waals surface area contributed by atoms with E-state index in [-0.39, 0.29) is 17.9 Å². The number of pyridine rings is 1. The second-order valence-corrected chi connectivity index (χ2v) is 10.2. The number of piperidine rings is 1. The molecular weight excluding hydrogens is 450 g/mol. The normalized spacial score (nSPS) is 18.5. The SMILES string of the molecule is N#Cc1c(O)c2c(-c3ccc(OCC4(O)CCN(C5CC5)CC4)cc3)c(Cl)sc2[nH]c1=O. The summed E-state index contributed by atoms with van der Waals surface area (Å²) in [6, 6.07) is 9.63. The minimum absolute atomic E-state index is 0.237. The standard InChI is InChI=1S/C23H22ClN3O4S/c24-20-17(18-19(28)16(11-25)21(29)26-22(18)32-20)13-1-5-15(6-2-13)31-12-23(30)7-9-27(10-8-23)14-3-4-14/h1-2,5-6,14,30H,3-4,7-10,12H2,(H2,26,28,29). The summed E-state index contributed by atoms with van der Waals surface area (Å²) in [5.74, 6) is 0.252. The van der Waals surface area contributed by atoms with Gasteiger partial charge in [0.05, 0.1) is 5.39 Å². The Labute approximate surface area is 193 Å². The van der Waals surface area contributed by atoms with Crippen molar-refractivity contribution in [3.63, 3.8) is 0 Å². The first-order valence-corrected chi connectivity index (χ1v) is 11.7. The van der Waals surface area contributed by atoms with Crippen LogP contribution in [0, 0.1) is 11.3 Å². The van der Waals surface area contributed by atoms with Crippen LogP contribution < -0.4 is 10.3 Å². The van der Waals surface area contributed by atoms with E-state index in [2.05, 4.69) is 9.88 Å². The minimum Gasteiger partial charge on any atom is -0.506 e. The van der Waals surface area contributed by atoms with Crippen LogP contribution in [0.1, 0.15) is 31.2 Å². The zero-order chi connectivity index (χ0) is 22.5. The molecule has 1 aromatic carbocycles. The van der Waals surface area contributed by atoms with Crippen LogP contribution in [0.3, 0.4) is 0 Å². The number of nitrogens with one attached hydrogen (secondary N) is 1. The summed E-state index contributed by atoms with van der Waals surface area (Å²) in [6.45, 7) is 2.05. The van der Waals surface area contributed by atoms with Gasteiger partial charge < -0.3 is 24.8 Å². The topological polar surface area (TPSA) is 110 Å². The molecule has 9 heteroatoms. The first kappa shape index (κ1) is 21.3. The Morgan fingerprint density at radius 3 is 2.59 bits per heavy atom. The summed E-state index contributed by atoms with van der Waals surface area (Å²) in [7, 11) is 0. The largest absolute Gasteiger partial charge is 0.506 e. The molecule has 0 unspecified atom stereocenters. The molecule has 0 spiro atoms. The van der Waals surface area contributed by atoms with Gasteiger partial charge in [0.15, 0.2) is 5.56 Å². The third-order valence-corrected chi connectivity index (χ3v) is 7.66. The monoisotopic (exact) mass is 471 g/mol. The first-order valence-electron chi connectivity index (χ1n) is 10.6. The Morgan fingerprint density at radius 1 is 1.28 bits per heavy atom. The van der Waals surface area contributed by atoms with Gasteiger partial charge in [-0.3, -0.25) is 4.79 Å². The lowest BCUT2D eigenvalue weighted by atomic mass is 9.92. The highest BCUT2D eigenvalue weighted by Crippen LogP contribution is 2.45. The molecule has 3 heterocycles. The molecule has 166 valence electrons. The van der Waals surface area contributed by atoms with E-state index < -0.39 is 11.2 Å². The smallest absolute Gasteiger partial charge is 0.270 e. The molecule has 2 aromatic heterocycles. The lowest BCUT2D eigenvalue weighted by Gasteiger charge is -2.38. The summed E-state index contributed by atoms with van der Waals surface area (Å²) in [5.41, 5.74) is -0.533. The second kappa shape index (κ2) is 8.09. The number of fused-ring (bicyclic) bond motifs is 1. The Kier molecular flexibility index (Phi) is 5.38. The van der Waals surface area contributed by atoms with Gasteiger partial charge in [-0.2, -0.15) is 5.26 Å². The lowest BCUT2D eigenvalue weighted by Crippen LogP contribution is -2.48. The van der Waals surface area contributed by atoms with Crippen LogP contribution in [0.25, 0.3) is 21.3 Å². The predicted octanol–water partition coefficient (Wildman–Crippen LogP) is 3.86. The number of halogens is 1. The summed E-state index contributed by atoms with van der Waals surface area (Å²) < 4.78 is 6.28. The van der Waals surface area contributed by atoms with Crippen molar-refractivity contribution >= 4 is 33.2 Å². The van der Waals surface area contributed by atoms with E-state index in [9.17, 15) is 20.3 Å². The molecule has 1 saturated heterocycles. The second-order valence-electron chi connectivity index (χ2n) is 8.55. The highest BCUT2D eigenvalue weighted by Gasteiger charge is 2.38. The maximum atomic E-state index is 12.0. The average molecular weight is 472 g/mol. The predicted molar refractivity (Wildman–Crippen MR) is 124 cm³/mol. The van der Waals surface area contributed by atoms with Crippen LogP contribution in [0.15, 0.2) is 29.1 Å². The van der Waals surface area contributed by atoms with Gasteiger partial charge in [-0.25, -0.2) is 0 Å². The van der Waals surface area contributed by atoms with Crippen molar-refractivity contribution < 1.29 is 14.9 Å². The fourth-order valence-corrected chi connectivity index (χ4v) is 5.68. The van der Waals surface area contributed by atoms with Crippen molar-refractivity contribution in [3.05, 3.63) is 44.5 Å². The number of nitrogens with zero attached hydrogens (tertiary/aromatic N) is 2. The number of rotatable bonds is 5. The van der Waals surface area contributed by atoms with Crippen molar-refractivity contribution in [2.45, 2.75) is 37.3 Å². The number of thiophene rings is 1. The maximum absolute atomic E-state index is 12.0. The van der Waals surface area contributed by atoms with Gasteiger partial charge in [-0.1, -0.05) is 23.7 Å².